The molecule has 4 heteroatoms. The molecule has 220 valence electrons. The van der Waals surface area contributed by atoms with Gasteiger partial charge in [0.25, 0.3) is 0 Å². The van der Waals surface area contributed by atoms with Crippen molar-refractivity contribution in [3.05, 3.63) is 57.6 Å². The molecule has 0 radical (unpaired) electrons. The Balaban J connectivity index is 2.00. The molecule has 1 aliphatic rings. The smallest absolute Gasteiger partial charge is 0.128 e. The van der Waals surface area contributed by atoms with Crippen molar-refractivity contribution in [3.8, 4) is 11.5 Å². The number of aromatic hydroxyl groups is 2. The summed E-state index contributed by atoms with van der Waals surface area (Å²) in [6.45, 7) is 26.0. The topological polar surface area (TPSA) is 65.2 Å². The first-order valence-electron chi connectivity index (χ1n) is 15.0. The van der Waals surface area contributed by atoms with E-state index in [1.54, 1.807) is 0 Å². The lowest BCUT2D eigenvalue weighted by atomic mass is 9.79. The second-order valence-corrected chi connectivity index (χ2v) is 15.9. The van der Waals surface area contributed by atoms with Gasteiger partial charge in [-0.3, -0.25) is 9.98 Å². The number of aliphatic imine (C=N–C) groups is 2. The molecule has 2 aromatic carbocycles. The summed E-state index contributed by atoms with van der Waals surface area (Å²) in [6, 6.07) is 8.53. The van der Waals surface area contributed by atoms with Crippen molar-refractivity contribution >= 4 is 12.4 Å². The van der Waals surface area contributed by atoms with Crippen molar-refractivity contribution in [1.29, 1.82) is 0 Å². The highest BCUT2D eigenvalue weighted by Gasteiger charge is 2.28. The zero-order chi connectivity index (χ0) is 30.3. The van der Waals surface area contributed by atoms with Gasteiger partial charge >= 0.3 is 0 Å². The van der Waals surface area contributed by atoms with E-state index in [0.29, 0.717) is 11.5 Å². The van der Waals surface area contributed by atoms with Crippen LogP contribution in [-0.2, 0) is 21.7 Å². The summed E-state index contributed by atoms with van der Waals surface area (Å²) in [5.74, 6) is 0.637. The quantitative estimate of drug-likeness (QED) is 0.376. The first-order chi connectivity index (χ1) is 18.2. The second kappa shape index (κ2) is 11.3. The van der Waals surface area contributed by atoms with Crippen LogP contribution in [-0.4, -0.2) is 34.7 Å². The normalized spacial score (nSPS) is 19.6. The molecule has 0 saturated heterocycles. The highest BCUT2D eigenvalue weighted by molar-refractivity contribution is 5.86. The number of nitrogens with zero attached hydrogens (tertiary/aromatic N) is 2. The van der Waals surface area contributed by atoms with E-state index in [9.17, 15) is 10.2 Å². The van der Waals surface area contributed by atoms with Gasteiger partial charge in [0.1, 0.15) is 11.5 Å². The van der Waals surface area contributed by atoms with Crippen LogP contribution in [0.3, 0.4) is 0 Å². The van der Waals surface area contributed by atoms with Gasteiger partial charge in [-0.25, -0.2) is 0 Å². The summed E-state index contributed by atoms with van der Waals surface area (Å²) in [5.41, 5.74) is 5.39. The third kappa shape index (κ3) is 7.56. The van der Waals surface area contributed by atoms with Gasteiger partial charge in [0.15, 0.2) is 0 Å². The summed E-state index contributed by atoms with van der Waals surface area (Å²) >= 11 is 0. The van der Waals surface area contributed by atoms with Gasteiger partial charge in [-0.05, 0) is 57.8 Å². The van der Waals surface area contributed by atoms with Crippen LogP contribution >= 0.6 is 0 Å². The standard InChI is InChI=1S/C36H54N2O2/c1-33(2,3)25-17-23(31(39)27(19-25)35(7,8)9)21-37-29-15-13-14-16-30(29)38-22-24-18-26(34(4,5)6)20-28(32(24)40)36(10,11)12/h17-22,29-30,39-40H,13-16H2,1-12H3/b37-21+,38-22+/t29-,30?/m1/s1. The van der Waals surface area contributed by atoms with E-state index >= 15 is 0 Å². The fraction of sp³-hybridized carbons (Fsp3) is 0.611. The highest BCUT2D eigenvalue weighted by Crippen LogP contribution is 2.39. The van der Waals surface area contributed by atoms with Crippen molar-refractivity contribution in [2.45, 2.75) is 143 Å². The molecule has 40 heavy (non-hydrogen) atoms. The van der Waals surface area contributed by atoms with Crippen LogP contribution in [0.5, 0.6) is 11.5 Å². The molecule has 0 aliphatic heterocycles. The van der Waals surface area contributed by atoms with E-state index in [1.165, 1.54) is 11.1 Å². The summed E-state index contributed by atoms with van der Waals surface area (Å²) < 4.78 is 0. The minimum absolute atomic E-state index is 0.0378. The van der Waals surface area contributed by atoms with E-state index in [1.807, 2.05) is 12.4 Å². The lowest BCUT2D eigenvalue weighted by Crippen LogP contribution is -2.27. The van der Waals surface area contributed by atoms with E-state index in [2.05, 4.69) is 107 Å². The zero-order valence-corrected chi connectivity index (χ0v) is 27.2. The number of hydrogen-bond acceptors (Lipinski definition) is 4. The van der Waals surface area contributed by atoms with Gasteiger partial charge in [0, 0.05) is 34.7 Å². The van der Waals surface area contributed by atoms with Crippen LogP contribution in [0.15, 0.2) is 34.3 Å². The maximum Gasteiger partial charge on any atom is 0.128 e. The molecule has 0 heterocycles. The first-order valence-corrected chi connectivity index (χ1v) is 15.0. The Hall–Kier alpha value is -2.62. The maximum atomic E-state index is 11.2. The monoisotopic (exact) mass is 546 g/mol. The van der Waals surface area contributed by atoms with Crippen LogP contribution in [0.4, 0.5) is 0 Å². The SMILES string of the molecule is CC(C)(C)c1cc(/C=N/C2CCCC[C@H]2/N=C/c2cc(C(C)(C)C)cc(C(C)(C)C)c2O)c(O)c(C(C)(C)C)c1. The average molecular weight is 547 g/mol. The molecular formula is C36H54N2O2. The molecule has 2 atom stereocenters. The first kappa shape index (κ1) is 31.9. The molecule has 2 aromatic rings. The fourth-order valence-corrected chi connectivity index (χ4v) is 5.31. The van der Waals surface area contributed by atoms with E-state index < -0.39 is 0 Å². The molecule has 1 fully saturated rings. The molecule has 1 unspecified atom stereocenters. The average Bonchev–Trinajstić information content (AvgIpc) is 2.80. The molecule has 0 bridgehead atoms. The van der Waals surface area contributed by atoms with Crippen LogP contribution in [0.2, 0.25) is 0 Å². The minimum Gasteiger partial charge on any atom is -0.507 e. The van der Waals surface area contributed by atoms with E-state index in [0.717, 1.165) is 47.9 Å². The molecule has 1 aliphatic carbocycles. The Morgan fingerprint density at radius 2 is 0.875 bits per heavy atom. The molecule has 4 nitrogen and oxygen atoms in total. The Kier molecular flexibility index (Phi) is 9.04. The molecule has 0 aromatic heterocycles. The molecule has 0 spiro atoms. The van der Waals surface area contributed by atoms with Crippen LogP contribution in [0, 0.1) is 0 Å². The number of rotatable bonds is 4. The predicted molar refractivity (Wildman–Crippen MR) is 172 cm³/mol. The van der Waals surface area contributed by atoms with Gasteiger partial charge in [-0.1, -0.05) is 108 Å². The van der Waals surface area contributed by atoms with E-state index in [4.69, 9.17) is 9.98 Å². The largest absolute Gasteiger partial charge is 0.507 e. The Morgan fingerprint density at radius 3 is 1.15 bits per heavy atom. The third-order valence-electron chi connectivity index (χ3n) is 8.13. The van der Waals surface area contributed by atoms with Gasteiger partial charge in [0.05, 0.1) is 12.1 Å². The van der Waals surface area contributed by atoms with Crippen LogP contribution in [0.1, 0.15) is 142 Å². The van der Waals surface area contributed by atoms with Crippen LogP contribution in [0.25, 0.3) is 0 Å². The van der Waals surface area contributed by atoms with Gasteiger partial charge in [-0.15, -0.1) is 0 Å². The second-order valence-electron chi connectivity index (χ2n) is 15.9. The Bertz CT molecular complexity index is 1160. The number of phenolic OH excluding ortho intramolecular Hbond substituents is 2. The van der Waals surface area contributed by atoms with Gasteiger partial charge in [0.2, 0.25) is 0 Å². The lowest BCUT2D eigenvalue weighted by Gasteiger charge is -2.28. The Morgan fingerprint density at radius 1 is 0.550 bits per heavy atom. The Labute approximate surface area is 244 Å². The minimum atomic E-state index is -0.179. The highest BCUT2D eigenvalue weighted by atomic mass is 16.3. The molecule has 3 rings (SSSR count). The summed E-state index contributed by atoms with van der Waals surface area (Å²) in [6.07, 6.45) is 7.90. The fourth-order valence-electron chi connectivity index (χ4n) is 5.31. The van der Waals surface area contributed by atoms with Crippen LogP contribution < -0.4 is 0 Å². The summed E-state index contributed by atoms with van der Waals surface area (Å²) in [4.78, 5) is 10.1. The van der Waals surface area contributed by atoms with Crippen molar-refractivity contribution in [2.24, 2.45) is 9.98 Å². The number of benzene rings is 2. The van der Waals surface area contributed by atoms with Crippen molar-refractivity contribution < 1.29 is 10.2 Å². The molecule has 2 N–H and O–H groups in total. The predicted octanol–water partition coefficient (Wildman–Crippen LogP) is 9.14. The van der Waals surface area contributed by atoms with E-state index in [-0.39, 0.29) is 33.7 Å². The molecular weight excluding hydrogens is 492 g/mol. The van der Waals surface area contributed by atoms with Gasteiger partial charge in [-0.2, -0.15) is 0 Å². The summed E-state index contributed by atoms with van der Waals surface area (Å²) in [7, 11) is 0. The molecule has 0 amide bonds. The van der Waals surface area contributed by atoms with Crippen molar-refractivity contribution in [2.75, 3.05) is 0 Å². The molecule has 1 saturated carbocycles. The van der Waals surface area contributed by atoms with Gasteiger partial charge < -0.3 is 10.2 Å². The number of hydrogen-bond donors (Lipinski definition) is 2. The zero-order valence-electron chi connectivity index (χ0n) is 27.2. The lowest BCUT2D eigenvalue weighted by molar-refractivity contribution is 0.389. The van der Waals surface area contributed by atoms with Crippen molar-refractivity contribution in [3.63, 3.8) is 0 Å². The third-order valence-corrected chi connectivity index (χ3v) is 8.13. The summed E-state index contributed by atoms with van der Waals surface area (Å²) in [5, 5.41) is 22.5. The maximum absolute atomic E-state index is 11.2. The number of phenols is 2. The van der Waals surface area contributed by atoms with Crippen molar-refractivity contribution in [1.82, 2.24) is 0 Å².